The molecular formula is C5H20O2Si4. The molecule has 0 spiro atoms. The van der Waals surface area contributed by atoms with E-state index in [0.29, 0.717) is 0 Å². The number of rotatable bonds is 5. The first-order valence-corrected chi connectivity index (χ1v) is 12.4. The highest BCUT2D eigenvalue weighted by Gasteiger charge is 2.19. The van der Waals surface area contributed by atoms with Crippen LogP contribution in [0.4, 0.5) is 0 Å². The van der Waals surface area contributed by atoms with Crippen molar-refractivity contribution in [3.63, 3.8) is 0 Å². The summed E-state index contributed by atoms with van der Waals surface area (Å²) in [6.45, 7) is 9.06. The van der Waals surface area contributed by atoms with Crippen molar-refractivity contribution in [3.05, 3.63) is 0 Å². The molecule has 0 rings (SSSR count). The molecule has 0 aliphatic rings. The van der Waals surface area contributed by atoms with Crippen LogP contribution in [0, 0.1) is 0 Å². The maximum Gasteiger partial charge on any atom is 0.171 e. The Balaban J connectivity index is 3.38. The smallest absolute Gasteiger partial charge is 0.171 e. The van der Waals surface area contributed by atoms with Crippen LogP contribution in [-0.2, 0) is 8.23 Å². The minimum absolute atomic E-state index is 0.231. The van der Waals surface area contributed by atoms with Crippen LogP contribution in [0.5, 0.6) is 0 Å². The molecule has 0 aromatic rings. The Morgan fingerprint density at radius 3 is 2.36 bits per heavy atom. The van der Waals surface area contributed by atoms with Crippen molar-refractivity contribution in [1.29, 1.82) is 0 Å². The molecule has 0 aliphatic carbocycles. The van der Waals surface area contributed by atoms with Gasteiger partial charge >= 0.3 is 0 Å². The molecule has 0 aromatic heterocycles. The predicted molar refractivity (Wildman–Crippen MR) is 61.8 cm³/mol. The third-order valence-electron chi connectivity index (χ3n) is 1.71. The van der Waals surface area contributed by atoms with Gasteiger partial charge in [0.05, 0.1) is 0 Å². The molecule has 0 radical (unpaired) electrons. The maximum atomic E-state index is 5.73. The average molecular weight is 225 g/mol. The SMILES string of the molecule is C[SiH](C)O[SiH2]C[Si](C)(C)O[SiH3]. The molecule has 2 nitrogen and oxygen atoms in total. The van der Waals surface area contributed by atoms with Crippen molar-refractivity contribution < 1.29 is 8.23 Å². The van der Waals surface area contributed by atoms with E-state index in [1.807, 2.05) is 0 Å². The molecule has 0 fully saturated rings. The van der Waals surface area contributed by atoms with Crippen LogP contribution in [-0.4, -0.2) is 37.6 Å². The Labute approximate surface area is 78.0 Å². The first kappa shape index (κ1) is 11.8. The minimum Gasteiger partial charge on any atom is -0.464 e. The average Bonchev–Trinajstić information content (AvgIpc) is 1.87. The van der Waals surface area contributed by atoms with Crippen LogP contribution in [0.3, 0.4) is 0 Å². The van der Waals surface area contributed by atoms with Gasteiger partial charge in [-0.05, 0) is 31.9 Å². The van der Waals surface area contributed by atoms with Gasteiger partial charge in [0.25, 0.3) is 0 Å². The van der Waals surface area contributed by atoms with Crippen LogP contribution in [0.1, 0.15) is 0 Å². The standard InChI is InChI=1S/C5H20O2Si4/c1-10(2)7-9-5-11(3,4)6-8/h10H,5,9H2,1-4,8H3. The van der Waals surface area contributed by atoms with Gasteiger partial charge in [-0.2, -0.15) is 0 Å². The number of hydrogen-bond donors (Lipinski definition) is 0. The van der Waals surface area contributed by atoms with E-state index in [4.69, 9.17) is 8.23 Å². The van der Waals surface area contributed by atoms with Gasteiger partial charge in [-0.1, -0.05) is 0 Å². The van der Waals surface area contributed by atoms with Crippen molar-refractivity contribution in [1.82, 2.24) is 0 Å². The maximum absolute atomic E-state index is 5.73. The topological polar surface area (TPSA) is 18.5 Å². The summed E-state index contributed by atoms with van der Waals surface area (Å²) in [4.78, 5) is 0. The highest BCUT2D eigenvalue weighted by molar-refractivity contribution is 6.81. The Kier molecular flexibility index (Phi) is 5.83. The molecule has 11 heavy (non-hydrogen) atoms. The lowest BCUT2D eigenvalue weighted by Crippen LogP contribution is -2.32. The number of hydrogen-bond acceptors (Lipinski definition) is 2. The molecule has 68 valence electrons. The fourth-order valence-corrected chi connectivity index (χ4v) is 8.68. The summed E-state index contributed by atoms with van der Waals surface area (Å²) < 4.78 is 11.3. The van der Waals surface area contributed by atoms with Gasteiger partial charge in [0.2, 0.25) is 0 Å². The molecule has 0 bridgehead atoms. The van der Waals surface area contributed by atoms with Gasteiger partial charge in [-0.25, -0.2) is 0 Å². The van der Waals surface area contributed by atoms with E-state index in [0.717, 1.165) is 10.5 Å². The summed E-state index contributed by atoms with van der Waals surface area (Å²) >= 11 is 0. The zero-order valence-corrected chi connectivity index (χ0v) is 13.9. The summed E-state index contributed by atoms with van der Waals surface area (Å²) in [7, 11) is -1.29. The van der Waals surface area contributed by atoms with Crippen molar-refractivity contribution in [2.24, 2.45) is 0 Å². The Bertz CT molecular complexity index is 107. The molecule has 0 amide bonds. The van der Waals surface area contributed by atoms with E-state index >= 15 is 0 Å². The van der Waals surface area contributed by atoms with Gasteiger partial charge in [-0.15, -0.1) is 0 Å². The van der Waals surface area contributed by atoms with Crippen molar-refractivity contribution >= 4 is 37.6 Å². The van der Waals surface area contributed by atoms with Gasteiger partial charge in [-0.3, -0.25) is 0 Å². The Morgan fingerprint density at radius 2 is 2.00 bits per heavy atom. The summed E-state index contributed by atoms with van der Waals surface area (Å²) in [5.41, 5.74) is 1.29. The highest BCUT2D eigenvalue weighted by atomic mass is 28.4. The van der Waals surface area contributed by atoms with Crippen molar-refractivity contribution in [2.45, 2.75) is 31.9 Å². The molecule has 0 unspecified atom stereocenters. The van der Waals surface area contributed by atoms with Crippen LogP contribution >= 0.6 is 0 Å². The normalized spacial score (nSPS) is 13.9. The lowest BCUT2D eigenvalue weighted by Gasteiger charge is -2.20. The Hall–Kier alpha value is 0.788. The predicted octanol–water partition coefficient (Wildman–Crippen LogP) is -0.470. The van der Waals surface area contributed by atoms with E-state index in [2.05, 4.69) is 26.2 Å². The van der Waals surface area contributed by atoms with E-state index in [1.165, 1.54) is 5.67 Å². The summed E-state index contributed by atoms with van der Waals surface area (Å²) in [5, 5.41) is 0. The second-order valence-electron chi connectivity index (χ2n) is 3.63. The quantitative estimate of drug-likeness (QED) is 0.588. The first-order valence-electron chi connectivity index (χ1n) is 4.15. The monoisotopic (exact) mass is 224 g/mol. The second kappa shape index (κ2) is 5.44. The molecule has 0 saturated heterocycles. The minimum atomic E-state index is -1.22. The lowest BCUT2D eigenvalue weighted by atomic mass is 11.8. The first-order chi connectivity index (χ1) is 4.98. The fraction of sp³-hybridized carbons (Fsp3) is 1.00. The molecule has 0 saturated carbocycles. The molecule has 6 heteroatoms. The van der Waals surface area contributed by atoms with Crippen LogP contribution < -0.4 is 0 Å². The van der Waals surface area contributed by atoms with Gasteiger partial charge in [0, 0.05) is 0 Å². The Morgan fingerprint density at radius 1 is 1.45 bits per heavy atom. The van der Waals surface area contributed by atoms with Gasteiger partial charge < -0.3 is 8.23 Å². The molecule has 0 aromatic carbocycles. The third kappa shape index (κ3) is 7.16. The van der Waals surface area contributed by atoms with E-state index in [1.54, 1.807) is 0 Å². The van der Waals surface area contributed by atoms with Crippen LogP contribution in [0.2, 0.25) is 31.9 Å². The van der Waals surface area contributed by atoms with Gasteiger partial charge in [0.15, 0.2) is 17.4 Å². The lowest BCUT2D eigenvalue weighted by molar-refractivity contribution is 0.598. The van der Waals surface area contributed by atoms with Gasteiger partial charge in [0.1, 0.15) is 20.2 Å². The highest BCUT2D eigenvalue weighted by Crippen LogP contribution is 2.07. The van der Waals surface area contributed by atoms with Crippen molar-refractivity contribution in [3.8, 4) is 0 Å². The molecular weight excluding hydrogens is 204 g/mol. The molecule has 0 N–H and O–H groups in total. The zero-order chi connectivity index (χ0) is 8.91. The van der Waals surface area contributed by atoms with E-state index < -0.39 is 17.4 Å². The summed E-state index contributed by atoms with van der Waals surface area (Å²) in [6.07, 6.45) is 0. The largest absolute Gasteiger partial charge is 0.464 e. The van der Waals surface area contributed by atoms with E-state index in [9.17, 15) is 0 Å². The fourth-order valence-electron chi connectivity index (χ4n) is 0.642. The second-order valence-corrected chi connectivity index (χ2v) is 14.6. The third-order valence-corrected chi connectivity index (χ3v) is 15.4. The molecule has 0 heterocycles. The van der Waals surface area contributed by atoms with Crippen molar-refractivity contribution in [2.75, 3.05) is 0 Å². The van der Waals surface area contributed by atoms with E-state index in [-0.39, 0.29) is 9.76 Å². The zero-order valence-electron chi connectivity index (χ0n) is 8.31. The summed E-state index contributed by atoms with van der Waals surface area (Å²) in [5.74, 6) is 0. The van der Waals surface area contributed by atoms with Crippen LogP contribution in [0.15, 0.2) is 0 Å². The summed E-state index contributed by atoms with van der Waals surface area (Å²) in [6, 6.07) is 0. The van der Waals surface area contributed by atoms with Crippen LogP contribution in [0.25, 0.3) is 0 Å². The molecule has 0 aliphatic heterocycles. The molecule has 0 atom stereocenters.